The van der Waals surface area contributed by atoms with E-state index in [1.165, 1.54) is 0 Å². The molecule has 108 valence electrons. The van der Waals surface area contributed by atoms with Gasteiger partial charge in [0.1, 0.15) is 0 Å². The number of carbonyl (C=O) groups excluding carboxylic acids is 1. The minimum absolute atomic E-state index is 0.171. The van der Waals surface area contributed by atoms with Crippen LogP contribution in [0.15, 0.2) is 37.1 Å². The van der Waals surface area contributed by atoms with E-state index in [1.54, 1.807) is 6.08 Å². The van der Waals surface area contributed by atoms with Gasteiger partial charge in [-0.25, -0.2) is 0 Å². The molecule has 1 N–H and O–H groups in total. The first-order chi connectivity index (χ1) is 9.79. The Morgan fingerprint density at radius 2 is 2.15 bits per heavy atom. The molecule has 1 amide bonds. The van der Waals surface area contributed by atoms with Gasteiger partial charge in [-0.1, -0.05) is 12.1 Å². The SMILES string of the molecule is C=CCNCC(=O)N1CCN(Cc2ccccn2)CC1. The highest BCUT2D eigenvalue weighted by atomic mass is 16.2. The molecule has 0 atom stereocenters. The van der Waals surface area contributed by atoms with Crippen LogP contribution in [0.3, 0.4) is 0 Å². The van der Waals surface area contributed by atoms with Crippen LogP contribution in [0.25, 0.3) is 0 Å². The van der Waals surface area contributed by atoms with Gasteiger partial charge in [-0.2, -0.15) is 0 Å². The third kappa shape index (κ3) is 4.43. The van der Waals surface area contributed by atoms with Gasteiger partial charge >= 0.3 is 0 Å². The van der Waals surface area contributed by atoms with Crippen LogP contribution >= 0.6 is 0 Å². The number of carbonyl (C=O) groups is 1. The normalized spacial score (nSPS) is 16.1. The summed E-state index contributed by atoms with van der Waals surface area (Å²) >= 11 is 0. The van der Waals surface area contributed by atoms with Gasteiger partial charge in [0.05, 0.1) is 12.2 Å². The number of hydrogen-bond donors (Lipinski definition) is 1. The molecule has 0 saturated carbocycles. The average Bonchev–Trinajstić information content (AvgIpc) is 2.49. The molecule has 0 bridgehead atoms. The Morgan fingerprint density at radius 3 is 2.80 bits per heavy atom. The second-order valence-corrected chi connectivity index (χ2v) is 4.90. The molecular weight excluding hydrogens is 252 g/mol. The van der Waals surface area contributed by atoms with Crippen LogP contribution in [-0.2, 0) is 11.3 Å². The lowest BCUT2D eigenvalue weighted by Gasteiger charge is -2.34. The molecule has 20 heavy (non-hydrogen) atoms. The smallest absolute Gasteiger partial charge is 0.236 e. The van der Waals surface area contributed by atoms with E-state index < -0.39 is 0 Å². The number of aromatic nitrogens is 1. The average molecular weight is 274 g/mol. The highest BCUT2D eigenvalue weighted by molar-refractivity contribution is 5.78. The van der Waals surface area contributed by atoms with Crippen molar-refractivity contribution >= 4 is 5.91 Å². The molecule has 1 aliphatic heterocycles. The summed E-state index contributed by atoms with van der Waals surface area (Å²) in [6.45, 7) is 8.94. The molecule has 1 aromatic rings. The molecule has 1 aromatic heterocycles. The highest BCUT2D eigenvalue weighted by Crippen LogP contribution is 2.06. The molecule has 5 nitrogen and oxygen atoms in total. The van der Waals surface area contributed by atoms with Crippen molar-refractivity contribution in [2.24, 2.45) is 0 Å². The first kappa shape index (κ1) is 14.7. The zero-order chi connectivity index (χ0) is 14.2. The molecule has 1 aliphatic rings. The first-order valence-corrected chi connectivity index (χ1v) is 7.01. The van der Waals surface area contributed by atoms with Crippen LogP contribution in [0.1, 0.15) is 5.69 Å². The van der Waals surface area contributed by atoms with Crippen molar-refractivity contribution in [3.05, 3.63) is 42.7 Å². The molecule has 5 heteroatoms. The fraction of sp³-hybridized carbons (Fsp3) is 0.467. The molecule has 0 aliphatic carbocycles. The van der Waals surface area contributed by atoms with E-state index in [0.29, 0.717) is 13.1 Å². The van der Waals surface area contributed by atoms with E-state index in [2.05, 4.69) is 21.8 Å². The zero-order valence-electron chi connectivity index (χ0n) is 11.8. The lowest BCUT2D eigenvalue weighted by atomic mass is 10.2. The summed E-state index contributed by atoms with van der Waals surface area (Å²) in [6, 6.07) is 5.97. The Kier molecular flexibility index (Phi) is 5.70. The van der Waals surface area contributed by atoms with Crippen molar-refractivity contribution in [1.82, 2.24) is 20.1 Å². The topological polar surface area (TPSA) is 48.5 Å². The summed E-state index contributed by atoms with van der Waals surface area (Å²) in [5.41, 5.74) is 1.08. The Morgan fingerprint density at radius 1 is 1.35 bits per heavy atom. The maximum Gasteiger partial charge on any atom is 0.236 e. The molecule has 1 fully saturated rings. The summed E-state index contributed by atoms with van der Waals surface area (Å²) in [7, 11) is 0. The van der Waals surface area contributed by atoms with Crippen molar-refractivity contribution in [3.8, 4) is 0 Å². The predicted molar refractivity (Wildman–Crippen MR) is 79.2 cm³/mol. The van der Waals surface area contributed by atoms with Gasteiger partial charge in [0, 0.05) is 45.5 Å². The summed E-state index contributed by atoms with van der Waals surface area (Å²) in [5, 5.41) is 3.05. The van der Waals surface area contributed by atoms with Crippen LogP contribution in [0.5, 0.6) is 0 Å². The van der Waals surface area contributed by atoms with Gasteiger partial charge in [-0.15, -0.1) is 6.58 Å². The largest absolute Gasteiger partial charge is 0.339 e. The lowest BCUT2D eigenvalue weighted by molar-refractivity contribution is -0.132. The third-order valence-corrected chi connectivity index (χ3v) is 3.40. The van der Waals surface area contributed by atoms with E-state index in [0.717, 1.165) is 38.4 Å². The maximum atomic E-state index is 11.9. The number of nitrogens with one attached hydrogen (secondary N) is 1. The quantitative estimate of drug-likeness (QED) is 0.606. The first-order valence-electron chi connectivity index (χ1n) is 7.01. The monoisotopic (exact) mass is 274 g/mol. The molecule has 0 spiro atoms. The second-order valence-electron chi connectivity index (χ2n) is 4.90. The number of pyridine rings is 1. The van der Waals surface area contributed by atoms with Crippen molar-refractivity contribution < 1.29 is 4.79 Å². The molecule has 1 saturated heterocycles. The minimum Gasteiger partial charge on any atom is -0.339 e. The van der Waals surface area contributed by atoms with E-state index in [1.807, 2.05) is 29.3 Å². The molecule has 0 aromatic carbocycles. The van der Waals surface area contributed by atoms with E-state index in [4.69, 9.17) is 0 Å². The number of nitrogens with zero attached hydrogens (tertiary/aromatic N) is 3. The standard InChI is InChI=1S/C15H22N4O/c1-2-6-16-12-15(20)19-10-8-18(9-11-19)13-14-5-3-4-7-17-14/h2-5,7,16H,1,6,8-13H2. The third-order valence-electron chi connectivity index (χ3n) is 3.40. The summed E-state index contributed by atoms with van der Waals surface area (Å²) in [5.74, 6) is 0.171. The molecule has 0 radical (unpaired) electrons. The van der Waals surface area contributed by atoms with Crippen molar-refractivity contribution in [2.75, 3.05) is 39.3 Å². The lowest BCUT2D eigenvalue weighted by Crippen LogP contribution is -2.50. The Balaban J connectivity index is 1.72. The van der Waals surface area contributed by atoms with Crippen LogP contribution in [0.2, 0.25) is 0 Å². The van der Waals surface area contributed by atoms with Gasteiger partial charge in [0.2, 0.25) is 5.91 Å². The van der Waals surface area contributed by atoms with Crippen LogP contribution < -0.4 is 5.32 Å². The van der Waals surface area contributed by atoms with E-state index in [9.17, 15) is 4.79 Å². The zero-order valence-corrected chi connectivity index (χ0v) is 11.8. The Bertz CT molecular complexity index is 427. The Hall–Kier alpha value is -1.72. The van der Waals surface area contributed by atoms with Gasteiger partial charge in [0.25, 0.3) is 0 Å². The molecule has 2 heterocycles. The number of hydrogen-bond acceptors (Lipinski definition) is 4. The molecule has 0 unspecified atom stereocenters. The van der Waals surface area contributed by atoms with Crippen LogP contribution in [-0.4, -0.2) is 60.0 Å². The van der Waals surface area contributed by atoms with Crippen LogP contribution in [0.4, 0.5) is 0 Å². The highest BCUT2D eigenvalue weighted by Gasteiger charge is 2.20. The predicted octanol–water partition coefficient (Wildman–Crippen LogP) is 0.501. The van der Waals surface area contributed by atoms with Crippen LogP contribution in [0, 0.1) is 0 Å². The van der Waals surface area contributed by atoms with Crippen molar-refractivity contribution in [3.63, 3.8) is 0 Å². The van der Waals surface area contributed by atoms with E-state index in [-0.39, 0.29) is 5.91 Å². The minimum atomic E-state index is 0.171. The number of piperazine rings is 1. The van der Waals surface area contributed by atoms with Gasteiger partial charge in [-0.3, -0.25) is 14.7 Å². The fourth-order valence-corrected chi connectivity index (χ4v) is 2.27. The van der Waals surface area contributed by atoms with Gasteiger partial charge in [-0.05, 0) is 12.1 Å². The number of rotatable bonds is 6. The molecule has 2 rings (SSSR count). The summed E-state index contributed by atoms with van der Waals surface area (Å²) in [6.07, 6.45) is 3.58. The number of amides is 1. The molecular formula is C15H22N4O. The maximum absolute atomic E-state index is 11.9. The van der Waals surface area contributed by atoms with E-state index >= 15 is 0 Å². The van der Waals surface area contributed by atoms with Gasteiger partial charge in [0.15, 0.2) is 0 Å². The van der Waals surface area contributed by atoms with Gasteiger partial charge < -0.3 is 10.2 Å². The summed E-state index contributed by atoms with van der Waals surface area (Å²) in [4.78, 5) is 20.5. The second kappa shape index (κ2) is 7.77. The fourth-order valence-electron chi connectivity index (χ4n) is 2.27. The Labute approximate surface area is 120 Å². The summed E-state index contributed by atoms with van der Waals surface area (Å²) < 4.78 is 0. The van der Waals surface area contributed by atoms with Crippen molar-refractivity contribution in [1.29, 1.82) is 0 Å². The van der Waals surface area contributed by atoms with Crippen molar-refractivity contribution in [2.45, 2.75) is 6.54 Å².